The summed E-state index contributed by atoms with van der Waals surface area (Å²) in [6.45, 7) is 1.63. The number of aliphatic hydroxyl groups excluding tert-OH is 1. The zero-order valence-electron chi connectivity index (χ0n) is 10.7. The van der Waals surface area contributed by atoms with Crippen molar-refractivity contribution in [3.05, 3.63) is 71.3 Å². The summed E-state index contributed by atoms with van der Waals surface area (Å²) in [5.41, 5.74) is 0.617. The second kappa shape index (κ2) is 5.49. The van der Waals surface area contributed by atoms with Gasteiger partial charge in [0, 0.05) is 5.41 Å². The Hall–Kier alpha value is -1.74. The van der Waals surface area contributed by atoms with Crippen LogP contribution in [0.2, 0.25) is 0 Å². The van der Waals surface area contributed by atoms with E-state index >= 15 is 0 Å². The highest BCUT2D eigenvalue weighted by atomic mass is 19.1. The molecule has 0 radical (unpaired) electrons. The predicted molar refractivity (Wildman–Crippen MR) is 70.9 cm³/mol. The molecule has 0 saturated carbocycles. The van der Waals surface area contributed by atoms with Gasteiger partial charge in [-0.1, -0.05) is 37.3 Å². The maximum Gasteiger partial charge on any atom is 0.127 e. The molecule has 0 aliphatic carbocycles. The van der Waals surface area contributed by atoms with Crippen molar-refractivity contribution < 1.29 is 13.9 Å². The van der Waals surface area contributed by atoms with Gasteiger partial charge in [0.1, 0.15) is 11.6 Å². The van der Waals surface area contributed by atoms with Crippen LogP contribution >= 0.6 is 0 Å². The number of benzene rings is 2. The Morgan fingerprint density at radius 1 is 1.00 bits per heavy atom. The van der Waals surface area contributed by atoms with E-state index < -0.39 is 5.41 Å². The molecule has 2 aromatic rings. The Labute approximate surface area is 111 Å². The van der Waals surface area contributed by atoms with E-state index in [2.05, 4.69) is 0 Å². The van der Waals surface area contributed by atoms with Crippen LogP contribution in [0.3, 0.4) is 0 Å². The summed E-state index contributed by atoms with van der Waals surface area (Å²) in [6.07, 6.45) is 0.449. The van der Waals surface area contributed by atoms with Crippen molar-refractivity contribution in [3.63, 3.8) is 0 Å². The van der Waals surface area contributed by atoms with Gasteiger partial charge in [-0.05, 0) is 35.7 Å². The zero-order chi connectivity index (χ0) is 13.9. The number of hydrogen-bond acceptors (Lipinski definition) is 1. The summed E-state index contributed by atoms with van der Waals surface area (Å²) in [5.74, 6) is -0.637. The normalized spacial score (nSPS) is 14.1. The molecule has 0 aromatic heterocycles. The Kier molecular flexibility index (Phi) is 3.96. The van der Waals surface area contributed by atoms with Crippen molar-refractivity contribution >= 4 is 0 Å². The summed E-state index contributed by atoms with van der Waals surface area (Å²) in [5, 5.41) is 9.64. The van der Waals surface area contributed by atoms with Crippen molar-refractivity contribution in [2.75, 3.05) is 6.61 Å². The molecule has 1 atom stereocenters. The highest BCUT2D eigenvalue weighted by molar-refractivity contribution is 5.30. The average molecular weight is 262 g/mol. The molecule has 0 heterocycles. The van der Waals surface area contributed by atoms with Gasteiger partial charge in [0.05, 0.1) is 6.61 Å². The van der Waals surface area contributed by atoms with Crippen molar-refractivity contribution in [1.29, 1.82) is 0 Å². The Bertz CT molecular complexity index is 551. The molecule has 0 fully saturated rings. The number of rotatable bonds is 4. The molecule has 2 aromatic carbocycles. The average Bonchev–Trinajstić information content (AvgIpc) is 2.42. The fourth-order valence-corrected chi connectivity index (χ4v) is 2.24. The molecule has 1 unspecified atom stereocenters. The predicted octanol–water partition coefficient (Wildman–Crippen LogP) is 3.46. The molecule has 2 rings (SSSR count). The van der Waals surface area contributed by atoms with Crippen LogP contribution in [-0.4, -0.2) is 11.7 Å². The first-order valence-electron chi connectivity index (χ1n) is 6.15. The van der Waals surface area contributed by atoms with E-state index in [-0.39, 0.29) is 18.2 Å². The van der Waals surface area contributed by atoms with E-state index in [9.17, 15) is 13.9 Å². The largest absolute Gasteiger partial charge is 0.395 e. The van der Waals surface area contributed by atoms with Gasteiger partial charge in [-0.15, -0.1) is 0 Å². The topological polar surface area (TPSA) is 20.2 Å². The van der Waals surface area contributed by atoms with Crippen LogP contribution in [0.1, 0.15) is 18.1 Å². The first-order valence-corrected chi connectivity index (χ1v) is 6.15. The van der Waals surface area contributed by atoms with E-state index in [1.54, 1.807) is 37.3 Å². The van der Waals surface area contributed by atoms with E-state index in [1.807, 2.05) is 0 Å². The molecule has 1 N–H and O–H groups in total. The minimum Gasteiger partial charge on any atom is -0.395 e. The van der Waals surface area contributed by atoms with Crippen LogP contribution in [0.4, 0.5) is 8.78 Å². The Balaban J connectivity index is 2.33. The Morgan fingerprint density at radius 2 is 1.63 bits per heavy atom. The maximum absolute atomic E-state index is 13.9. The molecule has 0 saturated heterocycles. The summed E-state index contributed by atoms with van der Waals surface area (Å²) < 4.78 is 26.7. The van der Waals surface area contributed by atoms with Gasteiger partial charge in [-0.3, -0.25) is 0 Å². The van der Waals surface area contributed by atoms with Gasteiger partial charge >= 0.3 is 0 Å². The van der Waals surface area contributed by atoms with Gasteiger partial charge in [-0.25, -0.2) is 8.78 Å². The molecule has 0 aliphatic rings. The fraction of sp³-hybridized carbons (Fsp3) is 0.250. The van der Waals surface area contributed by atoms with Crippen LogP contribution in [0.15, 0.2) is 48.5 Å². The minimum atomic E-state index is -0.719. The fourth-order valence-electron chi connectivity index (χ4n) is 2.24. The molecule has 0 spiro atoms. The number of halogens is 2. The molecule has 0 bridgehead atoms. The lowest BCUT2D eigenvalue weighted by molar-refractivity contribution is 0.201. The van der Waals surface area contributed by atoms with Crippen molar-refractivity contribution in [3.8, 4) is 0 Å². The third-order valence-corrected chi connectivity index (χ3v) is 3.38. The van der Waals surface area contributed by atoms with Crippen LogP contribution in [0.5, 0.6) is 0 Å². The molecule has 3 heteroatoms. The molecular formula is C16H16F2O. The first-order chi connectivity index (χ1) is 9.05. The summed E-state index contributed by atoms with van der Waals surface area (Å²) >= 11 is 0. The summed E-state index contributed by atoms with van der Waals surface area (Å²) in [4.78, 5) is 0. The molecule has 0 amide bonds. The lowest BCUT2D eigenvalue weighted by Gasteiger charge is -2.28. The molecular weight excluding hydrogens is 246 g/mol. The first kappa shape index (κ1) is 13.7. The third-order valence-electron chi connectivity index (χ3n) is 3.38. The van der Waals surface area contributed by atoms with Gasteiger partial charge in [0.15, 0.2) is 0 Å². The van der Waals surface area contributed by atoms with Gasteiger partial charge in [0.25, 0.3) is 0 Å². The second-order valence-electron chi connectivity index (χ2n) is 5.00. The van der Waals surface area contributed by atoms with E-state index in [0.29, 0.717) is 12.0 Å². The highest BCUT2D eigenvalue weighted by Crippen LogP contribution is 2.29. The summed E-state index contributed by atoms with van der Waals surface area (Å²) in [6, 6.07) is 12.5. The van der Waals surface area contributed by atoms with Crippen LogP contribution in [0, 0.1) is 11.6 Å². The molecule has 19 heavy (non-hydrogen) atoms. The molecule has 0 aliphatic heterocycles. The maximum atomic E-state index is 13.9. The van der Waals surface area contributed by atoms with Crippen molar-refractivity contribution in [2.24, 2.45) is 0 Å². The number of hydrogen-bond donors (Lipinski definition) is 1. The van der Waals surface area contributed by atoms with Crippen LogP contribution in [0.25, 0.3) is 0 Å². The van der Waals surface area contributed by atoms with Crippen LogP contribution in [-0.2, 0) is 11.8 Å². The third kappa shape index (κ3) is 2.99. The van der Waals surface area contributed by atoms with Crippen LogP contribution < -0.4 is 0 Å². The van der Waals surface area contributed by atoms with E-state index in [4.69, 9.17) is 0 Å². The lowest BCUT2D eigenvalue weighted by Crippen LogP contribution is -2.30. The van der Waals surface area contributed by atoms with Gasteiger partial charge < -0.3 is 5.11 Å². The molecule has 1 nitrogen and oxygen atoms in total. The SMILES string of the molecule is CC(CO)(Cc1ccc(F)cc1)c1ccccc1F. The standard InChI is InChI=1S/C16H16F2O/c1-16(11-19,14-4-2-3-5-15(14)18)10-12-6-8-13(17)9-7-12/h2-9,19H,10-11H2,1H3. The van der Waals surface area contributed by atoms with E-state index in [0.717, 1.165) is 5.56 Å². The second-order valence-corrected chi connectivity index (χ2v) is 5.00. The van der Waals surface area contributed by atoms with Gasteiger partial charge in [-0.2, -0.15) is 0 Å². The Morgan fingerprint density at radius 3 is 2.21 bits per heavy atom. The van der Waals surface area contributed by atoms with Crippen molar-refractivity contribution in [1.82, 2.24) is 0 Å². The quantitative estimate of drug-likeness (QED) is 0.894. The minimum absolute atomic E-state index is 0.175. The van der Waals surface area contributed by atoms with Crippen molar-refractivity contribution in [2.45, 2.75) is 18.8 Å². The lowest BCUT2D eigenvalue weighted by atomic mass is 9.78. The molecule has 100 valence electrons. The number of aliphatic hydroxyl groups is 1. The van der Waals surface area contributed by atoms with E-state index in [1.165, 1.54) is 18.2 Å². The smallest absolute Gasteiger partial charge is 0.127 e. The monoisotopic (exact) mass is 262 g/mol. The summed E-state index contributed by atoms with van der Waals surface area (Å²) in [7, 11) is 0. The zero-order valence-corrected chi connectivity index (χ0v) is 10.7. The van der Waals surface area contributed by atoms with Gasteiger partial charge in [0.2, 0.25) is 0 Å². The highest BCUT2D eigenvalue weighted by Gasteiger charge is 2.29.